The Bertz CT molecular complexity index is 3550. The highest BCUT2D eigenvalue weighted by Gasteiger charge is 2.46. The minimum atomic E-state index is -5.61. The van der Waals surface area contributed by atoms with Gasteiger partial charge in [-0.2, -0.15) is 47.9 Å². The number of rotatable bonds is 9. The van der Waals surface area contributed by atoms with Crippen molar-refractivity contribution in [2.75, 3.05) is 17.9 Å². The van der Waals surface area contributed by atoms with E-state index in [-0.39, 0.29) is 33.5 Å². The van der Waals surface area contributed by atoms with Crippen molar-refractivity contribution in [2.24, 2.45) is 5.14 Å². The van der Waals surface area contributed by atoms with Crippen molar-refractivity contribution in [1.82, 2.24) is 19.9 Å². The second-order valence-electron chi connectivity index (χ2n) is 14.6. The van der Waals surface area contributed by atoms with Gasteiger partial charge < -0.3 is 19.4 Å². The molecule has 2 aromatic heterocycles. The Morgan fingerprint density at radius 2 is 0.971 bits per heavy atom. The van der Waals surface area contributed by atoms with Crippen LogP contribution in [0.15, 0.2) is 138 Å². The Balaban J connectivity index is 0.000000208. The fraction of sp³-hybridized carbons (Fsp3) is 0.106. The standard InChI is InChI=1S/C24H15F6N3O3S.C23H16F3N3O3S/c25-23(26,27)14-36-17-9-5-15(6-10-17)7-12-22-31-20-11-8-16(13-21(20)32-22)18-3-1-2-4-19(18)33-37(34,35)24(28,29)30;24-23(25,26)14-32-17-9-5-15(6-10-17)7-12-22-28-19-11-8-16(13-20(19)29-22)18-3-1-2-4-21(18)33(27,30)31/h1-6,8-11,13,33H,14H2,(H,31,32);1-6,8-11,13H,14H2,(H,28,29)(H2,27,30,31). The lowest BCUT2D eigenvalue weighted by atomic mass is 10.0. The van der Waals surface area contributed by atoms with E-state index in [0.717, 1.165) is 0 Å². The molecule has 0 bridgehead atoms. The number of fused-ring (bicyclic) bond motifs is 2. The highest BCUT2D eigenvalue weighted by molar-refractivity contribution is 7.93. The molecule has 70 heavy (non-hydrogen) atoms. The highest BCUT2D eigenvalue weighted by atomic mass is 32.2. The first-order valence-corrected chi connectivity index (χ1v) is 22.9. The van der Waals surface area contributed by atoms with Crippen LogP contribution in [0.2, 0.25) is 0 Å². The lowest BCUT2D eigenvalue weighted by Gasteiger charge is -2.14. The van der Waals surface area contributed by atoms with Crippen LogP contribution < -0.4 is 19.3 Å². The molecule has 0 saturated carbocycles. The summed E-state index contributed by atoms with van der Waals surface area (Å²) in [6.07, 6.45) is -8.85. The molecule has 360 valence electrons. The predicted octanol–water partition coefficient (Wildman–Crippen LogP) is 10.1. The molecule has 0 fully saturated rings. The third kappa shape index (κ3) is 13.2. The van der Waals surface area contributed by atoms with Crippen molar-refractivity contribution in [1.29, 1.82) is 0 Å². The molecule has 0 saturated heterocycles. The SMILES string of the molecule is NS(=O)(=O)c1ccccc1-c1ccc2nc(C#Cc3ccc(OCC(F)(F)F)cc3)[nH]c2c1.O=S(=O)(Nc1ccccc1-c1ccc2nc(C#Cc3ccc(OCC(F)(F)F)cc3)[nH]c2c1)C(F)(F)F. The molecule has 0 aliphatic rings. The van der Waals surface area contributed by atoms with Gasteiger partial charge >= 0.3 is 27.9 Å². The van der Waals surface area contributed by atoms with E-state index in [9.17, 15) is 56.3 Å². The molecule has 0 unspecified atom stereocenters. The van der Waals surface area contributed by atoms with Crippen LogP contribution in [0.25, 0.3) is 44.3 Å². The molecule has 8 rings (SSSR count). The lowest BCUT2D eigenvalue weighted by molar-refractivity contribution is -0.154. The summed E-state index contributed by atoms with van der Waals surface area (Å²) in [7, 11) is -9.51. The van der Waals surface area contributed by atoms with Crippen LogP contribution in [0, 0.1) is 23.7 Å². The van der Waals surface area contributed by atoms with Gasteiger partial charge in [-0.3, -0.25) is 4.72 Å². The summed E-state index contributed by atoms with van der Waals surface area (Å²) < 4.78 is 170. The smallest absolute Gasteiger partial charge is 0.484 e. The van der Waals surface area contributed by atoms with Crippen LogP contribution >= 0.6 is 0 Å². The van der Waals surface area contributed by atoms with Gasteiger partial charge in [0.05, 0.1) is 32.6 Å². The number of ether oxygens (including phenoxy) is 2. The van der Waals surface area contributed by atoms with Gasteiger partial charge in [0.2, 0.25) is 10.0 Å². The van der Waals surface area contributed by atoms with E-state index in [1.54, 1.807) is 77.5 Å². The summed E-state index contributed by atoms with van der Waals surface area (Å²) in [5, 5.41) is 5.33. The van der Waals surface area contributed by atoms with Gasteiger partial charge in [-0.05, 0) is 108 Å². The fourth-order valence-corrected chi connectivity index (χ4v) is 7.66. The maximum atomic E-state index is 12.8. The predicted molar refractivity (Wildman–Crippen MR) is 241 cm³/mol. The average molecular weight is 1010 g/mol. The minimum absolute atomic E-state index is 0.0199. The molecule has 0 atom stereocenters. The first-order valence-electron chi connectivity index (χ1n) is 19.8. The summed E-state index contributed by atoms with van der Waals surface area (Å²) in [6, 6.07) is 33.6. The Hall–Kier alpha value is -7.99. The quantitative estimate of drug-likeness (QED) is 0.0814. The number of nitrogens with two attached hydrogens (primary N) is 1. The summed E-state index contributed by atoms with van der Waals surface area (Å²) >= 11 is 0. The van der Waals surface area contributed by atoms with E-state index in [1.807, 2.05) is 0 Å². The van der Waals surface area contributed by atoms with Crippen LogP contribution in [-0.2, 0) is 20.0 Å². The number of sulfonamides is 2. The number of para-hydroxylation sites is 1. The molecule has 0 amide bonds. The van der Waals surface area contributed by atoms with Gasteiger partial charge in [-0.25, -0.2) is 23.5 Å². The maximum absolute atomic E-state index is 12.8. The van der Waals surface area contributed by atoms with Gasteiger partial charge in [-0.15, -0.1) is 0 Å². The van der Waals surface area contributed by atoms with Crippen LogP contribution in [0.1, 0.15) is 22.8 Å². The second-order valence-corrected chi connectivity index (χ2v) is 17.8. The van der Waals surface area contributed by atoms with Gasteiger partial charge in [0.1, 0.15) is 11.5 Å². The number of aromatic amines is 2. The van der Waals surface area contributed by atoms with Crippen LogP contribution in [0.3, 0.4) is 0 Å². The van der Waals surface area contributed by atoms with Gasteiger partial charge in [-0.1, -0.05) is 60.4 Å². The first-order chi connectivity index (χ1) is 32.9. The highest BCUT2D eigenvalue weighted by Crippen LogP contribution is 2.34. The van der Waals surface area contributed by atoms with E-state index >= 15 is 0 Å². The monoisotopic (exact) mass is 1010 g/mol. The molecule has 5 N–H and O–H groups in total. The topological polar surface area (TPSA) is 182 Å². The number of aromatic nitrogens is 4. The molecule has 12 nitrogen and oxygen atoms in total. The van der Waals surface area contributed by atoms with Crippen LogP contribution in [-0.4, -0.2) is 67.8 Å². The zero-order valence-electron chi connectivity index (χ0n) is 35.3. The molecule has 2 heterocycles. The number of alkyl halides is 9. The lowest BCUT2D eigenvalue weighted by Crippen LogP contribution is -2.30. The maximum Gasteiger partial charge on any atom is 0.516 e. The normalized spacial score (nSPS) is 12.0. The minimum Gasteiger partial charge on any atom is -0.484 e. The number of benzene rings is 6. The molecule has 23 heteroatoms. The van der Waals surface area contributed by atoms with Crippen molar-refractivity contribution in [3.8, 4) is 57.4 Å². The van der Waals surface area contributed by atoms with E-state index < -0.39 is 51.1 Å². The van der Waals surface area contributed by atoms with E-state index in [1.165, 1.54) is 60.7 Å². The van der Waals surface area contributed by atoms with Gasteiger partial charge in [0.15, 0.2) is 24.9 Å². The Kier molecular flexibility index (Phi) is 14.2. The number of primary sulfonamides is 1. The largest absolute Gasteiger partial charge is 0.516 e. The molecule has 8 aromatic rings. The van der Waals surface area contributed by atoms with Crippen molar-refractivity contribution in [2.45, 2.75) is 22.8 Å². The van der Waals surface area contributed by atoms with Crippen molar-refractivity contribution in [3.05, 3.63) is 156 Å². The average Bonchev–Trinajstić information content (AvgIpc) is 3.92. The molecule has 0 aliphatic carbocycles. The number of H-pyrrole nitrogens is 2. The third-order valence-corrected chi connectivity index (χ3v) is 11.5. The molecule has 0 aliphatic heterocycles. The van der Waals surface area contributed by atoms with E-state index in [4.69, 9.17) is 5.14 Å². The number of nitrogens with one attached hydrogen (secondary N) is 3. The van der Waals surface area contributed by atoms with Crippen LogP contribution in [0.4, 0.5) is 45.2 Å². The van der Waals surface area contributed by atoms with E-state index in [2.05, 4.69) is 53.1 Å². The Labute approximate surface area is 391 Å². The second kappa shape index (κ2) is 19.9. The summed E-state index contributed by atoms with van der Waals surface area (Å²) in [5.41, 5.74) is -0.644. The summed E-state index contributed by atoms with van der Waals surface area (Å²) in [5.74, 6) is 12.1. The first kappa shape index (κ1) is 49.9. The Morgan fingerprint density at radius 3 is 1.41 bits per heavy atom. The fourth-order valence-electron chi connectivity index (χ4n) is 6.31. The van der Waals surface area contributed by atoms with Crippen LogP contribution in [0.5, 0.6) is 11.5 Å². The molecular weight excluding hydrogens is 980 g/mol. The number of imidazole rings is 2. The number of hydrogen-bond donors (Lipinski definition) is 4. The zero-order chi connectivity index (χ0) is 50.5. The van der Waals surface area contributed by atoms with Crippen molar-refractivity contribution >= 4 is 47.8 Å². The molecule has 0 spiro atoms. The Morgan fingerprint density at radius 1 is 0.543 bits per heavy atom. The van der Waals surface area contributed by atoms with E-state index in [0.29, 0.717) is 55.7 Å². The van der Waals surface area contributed by atoms with Gasteiger partial charge in [0, 0.05) is 22.3 Å². The molecule has 6 aromatic carbocycles. The molecule has 0 radical (unpaired) electrons. The van der Waals surface area contributed by atoms with Crippen molar-refractivity contribution in [3.63, 3.8) is 0 Å². The summed E-state index contributed by atoms with van der Waals surface area (Å²) in [6.45, 7) is -2.77. The number of anilines is 1. The molecular formula is C47H31F9N6O6S2. The zero-order valence-corrected chi connectivity index (χ0v) is 36.9. The number of halogens is 9. The third-order valence-electron chi connectivity index (χ3n) is 9.42. The number of hydrogen-bond acceptors (Lipinski definition) is 8. The summed E-state index contributed by atoms with van der Waals surface area (Å²) in [4.78, 5) is 14.7. The number of nitrogens with zero attached hydrogens (tertiary/aromatic N) is 2. The van der Waals surface area contributed by atoms with Gasteiger partial charge in [0.25, 0.3) is 0 Å². The van der Waals surface area contributed by atoms with Crippen molar-refractivity contribution < 1.29 is 65.8 Å².